The Morgan fingerprint density at radius 2 is 2.00 bits per heavy atom. The summed E-state index contributed by atoms with van der Waals surface area (Å²) in [5.74, 6) is 1.50. The summed E-state index contributed by atoms with van der Waals surface area (Å²) in [4.78, 5) is 4.52. The van der Waals surface area contributed by atoms with Gasteiger partial charge in [0.25, 0.3) is 0 Å². The van der Waals surface area contributed by atoms with E-state index in [1.165, 1.54) is 6.07 Å². The Kier molecular flexibility index (Phi) is 5.07. The summed E-state index contributed by atoms with van der Waals surface area (Å²) in [5.41, 5.74) is 1.79. The second kappa shape index (κ2) is 6.80. The number of nitrogens with one attached hydrogen (secondary N) is 1. The van der Waals surface area contributed by atoms with E-state index in [-0.39, 0.29) is 5.82 Å². The molecule has 2 rings (SSSR count). The van der Waals surface area contributed by atoms with Crippen LogP contribution in [0.3, 0.4) is 0 Å². The van der Waals surface area contributed by atoms with Crippen molar-refractivity contribution in [1.82, 2.24) is 20.1 Å². The molecule has 0 aliphatic heterocycles. The van der Waals surface area contributed by atoms with Crippen molar-refractivity contribution >= 4 is 0 Å². The van der Waals surface area contributed by atoms with E-state index in [9.17, 15) is 4.39 Å². The zero-order chi connectivity index (χ0) is 15.4. The third-order valence-electron chi connectivity index (χ3n) is 3.32. The number of benzene rings is 1. The van der Waals surface area contributed by atoms with Gasteiger partial charge in [-0.15, -0.1) is 0 Å². The molecule has 0 fully saturated rings. The van der Waals surface area contributed by atoms with Crippen LogP contribution in [0.5, 0.6) is 0 Å². The minimum Gasteiger partial charge on any atom is -0.310 e. The number of halogens is 1. The van der Waals surface area contributed by atoms with Gasteiger partial charge in [-0.05, 0) is 23.8 Å². The molecule has 0 spiro atoms. The Morgan fingerprint density at radius 3 is 2.62 bits per heavy atom. The number of rotatable bonds is 6. The monoisotopic (exact) mass is 290 g/mol. The molecule has 1 N–H and O–H groups in total. The number of aromatic nitrogens is 3. The van der Waals surface area contributed by atoms with Crippen molar-refractivity contribution in [2.24, 2.45) is 0 Å². The second-order valence-corrected chi connectivity index (χ2v) is 5.37. The molecule has 1 heterocycles. The van der Waals surface area contributed by atoms with Crippen molar-refractivity contribution in [1.29, 1.82) is 0 Å². The van der Waals surface area contributed by atoms with E-state index in [1.807, 2.05) is 11.6 Å². The summed E-state index contributed by atoms with van der Waals surface area (Å²) in [7, 11) is 0. The van der Waals surface area contributed by atoms with Crippen LogP contribution in [-0.4, -0.2) is 20.8 Å². The van der Waals surface area contributed by atoms with Gasteiger partial charge < -0.3 is 5.32 Å². The van der Waals surface area contributed by atoms with Crippen LogP contribution < -0.4 is 5.32 Å². The summed E-state index contributed by atoms with van der Waals surface area (Å²) < 4.78 is 15.4. The molecular weight excluding hydrogens is 267 g/mol. The lowest BCUT2D eigenvalue weighted by atomic mass is 10.1. The third-order valence-corrected chi connectivity index (χ3v) is 3.32. The number of hydrogen-bond donors (Lipinski definition) is 1. The molecule has 0 saturated heterocycles. The van der Waals surface area contributed by atoms with Crippen LogP contribution in [0.2, 0.25) is 0 Å². The molecule has 0 bridgehead atoms. The standard InChI is InChI=1S/C16H23FN4/c1-5-15-19-16(6-2)21(20-15)14-8-7-13(17)9-12(14)10-18-11(3)4/h7-9,11,18H,5-6,10H2,1-4H3. The minimum atomic E-state index is -0.229. The third kappa shape index (κ3) is 3.67. The van der Waals surface area contributed by atoms with Crippen molar-refractivity contribution in [3.63, 3.8) is 0 Å². The first-order valence-corrected chi connectivity index (χ1v) is 7.52. The van der Waals surface area contributed by atoms with Crippen LogP contribution in [-0.2, 0) is 19.4 Å². The molecule has 5 heteroatoms. The van der Waals surface area contributed by atoms with Gasteiger partial charge in [-0.1, -0.05) is 27.7 Å². The molecule has 4 nitrogen and oxygen atoms in total. The second-order valence-electron chi connectivity index (χ2n) is 5.37. The number of aryl methyl sites for hydroxylation is 2. The number of nitrogens with zero attached hydrogens (tertiary/aromatic N) is 3. The largest absolute Gasteiger partial charge is 0.310 e. The van der Waals surface area contributed by atoms with Crippen molar-refractivity contribution < 1.29 is 4.39 Å². The predicted molar refractivity (Wildman–Crippen MR) is 82.0 cm³/mol. The fourth-order valence-electron chi connectivity index (χ4n) is 2.18. The average molecular weight is 290 g/mol. The first kappa shape index (κ1) is 15.6. The maximum Gasteiger partial charge on any atom is 0.151 e. The molecule has 1 aromatic carbocycles. The van der Waals surface area contributed by atoms with Gasteiger partial charge in [0, 0.05) is 25.4 Å². The summed E-state index contributed by atoms with van der Waals surface area (Å²) in [6.07, 6.45) is 1.59. The lowest BCUT2D eigenvalue weighted by Crippen LogP contribution is -2.23. The van der Waals surface area contributed by atoms with Crippen LogP contribution in [0.15, 0.2) is 18.2 Å². The smallest absolute Gasteiger partial charge is 0.151 e. The van der Waals surface area contributed by atoms with E-state index < -0.39 is 0 Å². The van der Waals surface area contributed by atoms with Crippen molar-refractivity contribution in [2.75, 3.05) is 0 Å². The van der Waals surface area contributed by atoms with Gasteiger partial charge in [0.15, 0.2) is 5.82 Å². The summed E-state index contributed by atoms with van der Waals surface area (Å²) in [6, 6.07) is 5.16. The fraction of sp³-hybridized carbons (Fsp3) is 0.500. The topological polar surface area (TPSA) is 42.7 Å². The lowest BCUT2D eigenvalue weighted by Gasteiger charge is -2.14. The molecule has 21 heavy (non-hydrogen) atoms. The summed E-state index contributed by atoms with van der Waals surface area (Å²) in [5, 5.41) is 7.87. The highest BCUT2D eigenvalue weighted by Gasteiger charge is 2.13. The fourth-order valence-corrected chi connectivity index (χ4v) is 2.18. The van der Waals surface area contributed by atoms with Gasteiger partial charge in [0.1, 0.15) is 11.6 Å². The van der Waals surface area contributed by atoms with E-state index >= 15 is 0 Å². The first-order valence-electron chi connectivity index (χ1n) is 7.52. The Hall–Kier alpha value is -1.75. The highest BCUT2D eigenvalue weighted by molar-refractivity contribution is 5.41. The quantitative estimate of drug-likeness (QED) is 0.889. The molecule has 114 valence electrons. The maximum absolute atomic E-state index is 13.6. The highest BCUT2D eigenvalue weighted by atomic mass is 19.1. The Balaban J connectivity index is 2.44. The lowest BCUT2D eigenvalue weighted by molar-refractivity contribution is 0.577. The highest BCUT2D eigenvalue weighted by Crippen LogP contribution is 2.18. The van der Waals surface area contributed by atoms with Crippen LogP contribution in [0.4, 0.5) is 4.39 Å². The van der Waals surface area contributed by atoms with Crippen molar-refractivity contribution in [3.05, 3.63) is 41.2 Å². The van der Waals surface area contributed by atoms with Crippen molar-refractivity contribution in [3.8, 4) is 5.69 Å². The van der Waals surface area contributed by atoms with Crippen LogP contribution >= 0.6 is 0 Å². The molecule has 1 aromatic heterocycles. The number of hydrogen-bond acceptors (Lipinski definition) is 3. The Morgan fingerprint density at radius 1 is 1.24 bits per heavy atom. The first-order chi connectivity index (χ1) is 10.0. The minimum absolute atomic E-state index is 0.229. The van der Waals surface area contributed by atoms with Crippen LogP contribution in [0.25, 0.3) is 5.69 Å². The molecular formula is C16H23FN4. The molecule has 0 amide bonds. The zero-order valence-electron chi connectivity index (χ0n) is 13.2. The van der Waals surface area contributed by atoms with E-state index in [0.29, 0.717) is 12.6 Å². The van der Waals surface area contributed by atoms with Gasteiger partial charge in [-0.25, -0.2) is 14.1 Å². The molecule has 0 radical (unpaired) electrons. The van der Waals surface area contributed by atoms with Crippen LogP contribution in [0, 0.1) is 5.82 Å². The SMILES string of the molecule is CCc1nc(CC)n(-c2ccc(F)cc2CNC(C)C)n1. The van der Waals surface area contributed by atoms with E-state index in [2.05, 4.69) is 36.2 Å². The summed E-state index contributed by atoms with van der Waals surface area (Å²) in [6.45, 7) is 8.83. The molecule has 0 aliphatic rings. The maximum atomic E-state index is 13.6. The Labute approximate surface area is 125 Å². The predicted octanol–water partition coefficient (Wildman–Crippen LogP) is 3.03. The molecule has 0 saturated carbocycles. The van der Waals surface area contributed by atoms with Gasteiger partial charge in [-0.2, -0.15) is 5.10 Å². The van der Waals surface area contributed by atoms with Gasteiger partial charge in [-0.3, -0.25) is 0 Å². The van der Waals surface area contributed by atoms with Crippen molar-refractivity contribution in [2.45, 2.75) is 53.1 Å². The molecule has 0 aliphatic carbocycles. The zero-order valence-corrected chi connectivity index (χ0v) is 13.2. The van der Waals surface area contributed by atoms with E-state index in [0.717, 1.165) is 35.7 Å². The molecule has 0 unspecified atom stereocenters. The van der Waals surface area contributed by atoms with Gasteiger partial charge >= 0.3 is 0 Å². The summed E-state index contributed by atoms with van der Waals surface area (Å²) >= 11 is 0. The van der Waals surface area contributed by atoms with Crippen LogP contribution in [0.1, 0.15) is 44.9 Å². The van der Waals surface area contributed by atoms with Gasteiger partial charge in [0.2, 0.25) is 0 Å². The molecule has 0 atom stereocenters. The van der Waals surface area contributed by atoms with E-state index in [1.54, 1.807) is 12.1 Å². The molecule has 2 aromatic rings. The normalized spacial score (nSPS) is 11.3. The Bertz CT molecular complexity index is 604. The van der Waals surface area contributed by atoms with Gasteiger partial charge in [0.05, 0.1) is 5.69 Å². The average Bonchev–Trinajstić information content (AvgIpc) is 2.88. The van der Waals surface area contributed by atoms with E-state index in [4.69, 9.17) is 0 Å².